The molecule has 0 aliphatic heterocycles. The molecule has 0 unspecified atom stereocenters. The first kappa shape index (κ1) is 18.2. The highest BCUT2D eigenvalue weighted by atomic mass is 32.2. The van der Waals surface area contributed by atoms with Crippen LogP contribution in [0.15, 0.2) is 59.6 Å². The van der Waals surface area contributed by atoms with Gasteiger partial charge in [0.15, 0.2) is 11.6 Å². The van der Waals surface area contributed by atoms with Crippen molar-refractivity contribution in [2.75, 3.05) is 13.2 Å². The van der Waals surface area contributed by atoms with Gasteiger partial charge in [0, 0.05) is 18.1 Å². The van der Waals surface area contributed by atoms with Crippen LogP contribution in [0.1, 0.15) is 6.42 Å². The molecule has 1 aromatic heterocycles. The number of hydrogen-bond donors (Lipinski definition) is 1. The Balaban J connectivity index is 1.54. The molecule has 3 rings (SSSR count). The van der Waals surface area contributed by atoms with Gasteiger partial charge in [-0.05, 0) is 36.8 Å². The molecular formula is C18H16F2N2O3S. The number of ether oxygens (including phenoxy) is 1. The minimum Gasteiger partial charge on any atom is -0.491 e. The van der Waals surface area contributed by atoms with E-state index in [1.54, 1.807) is 12.3 Å². The molecule has 1 heterocycles. The number of nitrogens with zero attached hydrogens (tertiary/aromatic N) is 1. The van der Waals surface area contributed by atoms with Gasteiger partial charge in [0.05, 0.1) is 11.5 Å². The van der Waals surface area contributed by atoms with E-state index in [2.05, 4.69) is 9.71 Å². The normalized spacial score (nSPS) is 11.6. The number of nitrogens with one attached hydrogen (secondary N) is 1. The number of hydrogen-bond acceptors (Lipinski definition) is 4. The zero-order valence-corrected chi connectivity index (χ0v) is 14.5. The molecule has 0 spiro atoms. The summed E-state index contributed by atoms with van der Waals surface area (Å²) in [5.41, 5.74) is 0.734. The lowest BCUT2D eigenvalue weighted by molar-refractivity contribution is 0.314. The molecule has 3 aromatic rings. The molecule has 1 N–H and O–H groups in total. The predicted molar refractivity (Wildman–Crippen MR) is 93.4 cm³/mol. The minimum atomic E-state index is -3.90. The van der Waals surface area contributed by atoms with Crippen molar-refractivity contribution in [2.24, 2.45) is 0 Å². The number of pyridine rings is 1. The zero-order valence-electron chi connectivity index (χ0n) is 13.7. The number of benzene rings is 2. The molecule has 0 fully saturated rings. The molecule has 0 aliphatic rings. The summed E-state index contributed by atoms with van der Waals surface area (Å²) in [6.07, 6.45) is 2.07. The van der Waals surface area contributed by atoms with Crippen molar-refractivity contribution in [1.29, 1.82) is 0 Å². The van der Waals surface area contributed by atoms with E-state index in [1.165, 1.54) is 0 Å². The zero-order chi connectivity index (χ0) is 18.6. The number of fused-ring (bicyclic) bond motifs is 1. The SMILES string of the molecule is O=S(=O)(NCCCOc1cccc2cccnc12)c1ccc(F)c(F)c1. The standard InChI is InChI=1S/C18H16F2N2O3S/c19-15-8-7-14(12-16(15)20)26(23,24)22-10-3-11-25-17-6-1-4-13-5-2-9-21-18(13)17/h1-2,4-9,12,22H,3,10-11H2. The first-order valence-corrected chi connectivity index (χ1v) is 9.37. The van der Waals surface area contributed by atoms with Gasteiger partial charge in [0.1, 0.15) is 11.3 Å². The maximum absolute atomic E-state index is 13.2. The first-order valence-electron chi connectivity index (χ1n) is 7.89. The fourth-order valence-electron chi connectivity index (χ4n) is 2.38. The Bertz CT molecular complexity index is 1020. The van der Waals surface area contributed by atoms with Crippen molar-refractivity contribution in [2.45, 2.75) is 11.3 Å². The highest BCUT2D eigenvalue weighted by molar-refractivity contribution is 7.89. The fraction of sp³-hybridized carbons (Fsp3) is 0.167. The minimum absolute atomic E-state index is 0.0967. The Morgan fingerprint density at radius 1 is 1.04 bits per heavy atom. The van der Waals surface area contributed by atoms with Crippen LogP contribution in [0.25, 0.3) is 10.9 Å². The van der Waals surface area contributed by atoms with E-state index in [0.29, 0.717) is 18.2 Å². The smallest absolute Gasteiger partial charge is 0.240 e. The van der Waals surface area contributed by atoms with E-state index in [9.17, 15) is 17.2 Å². The van der Waals surface area contributed by atoms with E-state index in [1.807, 2.05) is 24.3 Å². The lowest BCUT2D eigenvalue weighted by Gasteiger charge is -2.10. The van der Waals surface area contributed by atoms with E-state index in [-0.39, 0.29) is 18.0 Å². The number of rotatable bonds is 7. The van der Waals surface area contributed by atoms with Gasteiger partial charge in [0.2, 0.25) is 10.0 Å². The van der Waals surface area contributed by atoms with Gasteiger partial charge < -0.3 is 4.74 Å². The molecule has 0 saturated carbocycles. The second-order valence-corrected chi connectivity index (χ2v) is 7.27. The molecule has 2 aromatic carbocycles. The lowest BCUT2D eigenvalue weighted by Crippen LogP contribution is -2.26. The second-order valence-electron chi connectivity index (χ2n) is 5.51. The number of para-hydroxylation sites is 1. The van der Waals surface area contributed by atoms with Gasteiger partial charge in [-0.1, -0.05) is 18.2 Å². The molecule has 0 aliphatic carbocycles. The van der Waals surface area contributed by atoms with Crippen LogP contribution in [0.3, 0.4) is 0 Å². The molecule has 136 valence electrons. The Hall–Kier alpha value is -2.58. The summed E-state index contributed by atoms with van der Waals surface area (Å²) in [5.74, 6) is -1.69. The maximum atomic E-state index is 13.2. The summed E-state index contributed by atoms with van der Waals surface area (Å²) in [5, 5.41) is 0.948. The van der Waals surface area contributed by atoms with Gasteiger partial charge in [-0.15, -0.1) is 0 Å². The Morgan fingerprint density at radius 2 is 1.85 bits per heavy atom. The number of halogens is 2. The molecule has 5 nitrogen and oxygen atoms in total. The first-order chi connectivity index (χ1) is 12.5. The predicted octanol–water partition coefficient (Wildman–Crippen LogP) is 3.26. The molecule has 0 amide bonds. The van der Waals surface area contributed by atoms with E-state index in [4.69, 9.17) is 4.74 Å². The van der Waals surface area contributed by atoms with Crippen LogP contribution in [0.5, 0.6) is 5.75 Å². The van der Waals surface area contributed by atoms with Crippen LogP contribution >= 0.6 is 0 Å². The summed E-state index contributed by atoms with van der Waals surface area (Å²) in [4.78, 5) is 3.95. The summed E-state index contributed by atoms with van der Waals surface area (Å²) in [6.45, 7) is 0.371. The van der Waals surface area contributed by atoms with Gasteiger partial charge in [-0.2, -0.15) is 0 Å². The van der Waals surface area contributed by atoms with Crippen molar-refractivity contribution < 1.29 is 21.9 Å². The van der Waals surface area contributed by atoms with Gasteiger partial charge in [0.25, 0.3) is 0 Å². The van der Waals surface area contributed by atoms with Crippen molar-refractivity contribution in [3.63, 3.8) is 0 Å². The number of aromatic nitrogens is 1. The third-order valence-electron chi connectivity index (χ3n) is 3.67. The topological polar surface area (TPSA) is 68.3 Å². The van der Waals surface area contributed by atoms with E-state index < -0.39 is 21.7 Å². The third-order valence-corrected chi connectivity index (χ3v) is 5.13. The van der Waals surface area contributed by atoms with Crippen molar-refractivity contribution in [1.82, 2.24) is 9.71 Å². The molecule has 0 radical (unpaired) electrons. The third kappa shape index (κ3) is 4.14. The number of sulfonamides is 1. The molecule has 8 heteroatoms. The summed E-state index contributed by atoms with van der Waals surface area (Å²) in [6, 6.07) is 11.8. The molecule has 0 atom stereocenters. The highest BCUT2D eigenvalue weighted by Gasteiger charge is 2.15. The van der Waals surface area contributed by atoms with Crippen LogP contribution in [0.4, 0.5) is 8.78 Å². The van der Waals surface area contributed by atoms with Crippen LogP contribution in [-0.2, 0) is 10.0 Å². The Morgan fingerprint density at radius 3 is 2.65 bits per heavy atom. The highest BCUT2D eigenvalue weighted by Crippen LogP contribution is 2.22. The van der Waals surface area contributed by atoms with Crippen LogP contribution in [0.2, 0.25) is 0 Å². The summed E-state index contributed by atoms with van der Waals surface area (Å²) < 4.78 is 58.2. The quantitative estimate of drug-likeness (QED) is 0.641. The summed E-state index contributed by atoms with van der Waals surface area (Å²) in [7, 11) is -3.90. The van der Waals surface area contributed by atoms with Crippen molar-refractivity contribution in [3.8, 4) is 5.75 Å². The van der Waals surface area contributed by atoms with Gasteiger partial charge in [-0.3, -0.25) is 4.98 Å². The maximum Gasteiger partial charge on any atom is 0.240 e. The van der Waals surface area contributed by atoms with E-state index >= 15 is 0 Å². The fourth-order valence-corrected chi connectivity index (χ4v) is 3.47. The van der Waals surface area contributed by atoms with Crippen LogP contribution in [-0.4, -0.2) is 26.6 Å². The van der Waals surface area contributed by atoms with Crippen molar-refractivity contribution in [3.05, 3.63) is 66.4 Å². The summed E-state index contributed by atoms with van der Waals surface area (Å²) >= 11 is 0. The van der Waals surface area contributed by atoms with Crippen LogP contribution in [0, 0.1) is 11.6 Å². The van der Waals surface area contributed by atoms with Gasteiger partial charge in [-0.25, -0.2) is 21.9 Å². The lowest BCUT2D eigenvalue weighted by atomic mass is 10.2. The largest absolute Gasteiger partial charge is 0.491 e. The van der Waals surface area contributed by atoms with E-state index in [0.717, 1.165) is 23.0 Å². The van der Waals surface area contributed by atoms with Crippen molar-refractivity contribution >= 4 is 20.9 Å². The molecule has 0 bridgehead atoms. The van der Waals surface area contributed by atoms with Crippen LogP contribution < -0.4 is 9.46 Å². The monoisotopic (exact) mass is 378 g/mol. The average Bonchev–Trinajstić information content (AvgIpc) is 2.63. The Kier molecular flexibility index (Phi) is 5.43. The molecular weight excluding hydrogens is 362 g/mol. The van der Waals surface area contributed by atoms with Gasteiger partial charge >= 0.3 is 0 Å². The molecule has 0 saturated heterocycles. The molecule has 26 heavy (non-hydrogen) atoms. The average molecular weight is 378 g/mol. The Labute approximate surface area is 149 Å². The second kappa shape index (κ2) is 7.76.